The third kappa shape index (κ3) is 2.14. The van der Waals surface area contributed by atoms with Gasteiger partial charge in [0.1, 0.15) is 0 Å². The number of aromatic nitrogens is 2. The lowest BCUT2D eigenvalue weighted by molar-refractivity contribution is 1.23. The molecule has 0 fully saturated rings. The number of pyridine rings is 1. The summed E-state index contributed by atoms with van der Waals surface area (Å²) < 4.78 is 0. The van der Waals surface area contributed by atoms with Crippen LogP contribution in [0.1, 0.15) is 0 Å². The molecule has 4 rings (SSSR count). The Bertz CT molecular complexity index is 910. The summed E-state index contributed by atoms with van der Waals surface area (Å²) in [6.07, 6.45) is 1.78. The molecule has 0 aliphatic heterocycles. The van der Waals surface area contributed by atoms with Crippen molar-refractivity contribution in [2.24, 2.45) is 0 Å². The fraction of sp³-hybridized carbons (Fsp3) is 0. The molecule has 3 nitrogen and oxygen atoms in total. The zero-order valence-electron chi connectivity index (χ0n) is 11.2. The van der Waals surface area contributed by atoms with Crippen molar-refractivity contribution < 1.29 is 0 Å². The second-order valence-corrected chi connectivity index (χ2v) is 5.95. The third-order valence-electron chi connectivity index (χ3n) is 3.51. The molecule has 0 bridgehead atoms. The summed E-state index contributed by atoms with van der Waals surface area (Å²) in [6, 6.07) is 18.4. The van der Waals surface area contributed by atoms with E-state index in [4.69, 9.17) is 5.73 Å². The zero-order valence-corrected chi connectivity index (χ0v) is 12.0. The molecule has 2 heterocycles. The molecule has 0 amide bonds. The van der Waals surface area contributed by atoms with Gasteiger partial charge in [-0.15, -0.1) is 0 Å². The molecule has 0 unspecified atom stereocenters. The first kappa shape index (κ1) is 12.3. The molecule has 0 spiro atoms. The van der Waals surface area contributed by atoms with Gasteiger partial charge in [0.2, 0.25) is 0 Å². The van der Waals surface area contributed by atoms with Crippen LogP contribution in [0.25, 0.3) is 21.8 Å². The van der Waals surface area contributed by atoms with E-state index < -0.39 is 0 Å². The van der Waals surface area contributed by atoms with Crippen molar-refractivity contribution in [2.45, 2.75) is 9.92 Å². The number of nitrogens with zero attached hydrogens (tertiary/aromatic N) is 1. The van der Waals surface area contributed by atoms with Gasteiger partial charge in [0.25, 0.3) is 0 Å². The summed E-state index contributed by atoms with van der Waals surface area (Å²) in [4.78, 5) is 8.78. The SMILES string of the molecule is Nc1c(Sc2cc3ccccc3[nH]2)ccc2ncccc12. The first-order chi connectivity index (χ1) is 10.3. The van der Waals surface area contributed by atoms with Gasteiger partial charge >= 0.3 is 0 Å². The number of nitrogens with two attached hydrogens (primary N) is 1. The normalized spacial score (nSPS) is 11.2. The Morgan fingerprint density at radius 2 is 1.90 bits per heavy atom. The van der Waals surface area contributed by atoms with Crippen molar-refractivity contribution in [1.82, 2.24) is 9.97 Å². The largest absolute Gasteiger partial charge is 0.397 e. The van der Waals surface area contributed by atoms with Gasteiger partial charge in [-0.1, -0.05) is 30.0 Å². The Balaban J connectivity index is 1.78. The molecule has 21 heavy (non-hydrogen) atoms. The standard InChI is InChI=1S/C17H13N3S/c18-17-12-5-3-9-19-14(12)7-8-15(17)21-16-10-11-4-1-2-6-13(11)20-16/h1-10,20H,18H2. The summed E-state index contributed by atoms with van der Waals surface area (Å²) in [7, 11) is 0. The van der Waals surface area contributed by atoms with Crippen LogP contribution in [0.5, 0.6) is 0 Å². The van der Waals surface area contributed by atoms with Crippen molar-refractivity contribution in [3.63, 3.8) is 0 Å². The van der Waals surface area contributed by atoms with Gasteiger partial charge in [-0.3, -0.25) is 4.98 Å². The minimum absolute atomic E-state index is 0.782. The van der Waals surface area contributed by atoms with Crippen molar-refractivity contribution in [1.29, 1.82) is 0 Å². The van der Waals surface area contributed by atoms with Gasteiger partial charge < -0.3 is 10.7 Å². The number of para-hydroxylation sites is 1. The Morgan fingerprint density at radius 1 is 1.00 bits per heavy atom. The maximum atomic E-state index is 6.29. The first-order valence-electron chi connectivity index (χ1n) is 6.70. The topological polar surface area (TPSA) is 54.7 Å². The number of aromatic amines is 1. The molecular weight excluding hydrogens is 278 g/mol. The number of anilines is 1. The van der Waals surface area contributed by atoms with Crippen molar-refractivity contribution in [3.05, 3.63) is 60.8 Å². The van der Waals surface area contributed by atoms with Crippen molar-refractivity contribution in [3.8, 4) is 0 Å². The van der Waals surface area contributed by atoms with Gasteiger partial charge in [0.05, 0.1) is 16.2 Å². The van der Waals surface area contributed by atoms with Gasteiger partial charge in [0.15, 0.2) is 0 Å². The molecule has 0 atom stereocenters. The second-order valence-electron chi connectivity index (χ2n) is 4.87. The number of nitrogens with one attached hydrogen (secondary N) is 1. The Labute approximate surface area is 126 Å². The van der Waals surface area contributed by atoms with E-state index in [1.165, 1.54) is 5.39 Å². The van der Waals surface area contributed by atoms with E-state index in [0.29, 0.717) is 0 Å². The highest BCUT2D eigenvalue weighted by Gasteiger charge is 2.08. The lowest BCUT2D eigenvalue weighted by Gasteiger charge is -2.07. The number of hydrogen-bond acceptors (Lipinski definition) is 3. The van der Waals surface area contributed by atoms with Crippen LogP contribution in [0.4, 0.5) is 5.69 Å². The van der Waals surface area contributed by atoms with Crippen LogP contribution in [0.3, 0.4) is 0 Å². The molecule has 3 N–H and O–H groups in total. The summed E-state index contributed by atoms with van der Waals surface area (Å²) in [5.41, 5.74) is 9.13. The van der Waals surface area contributed by atoms with Crippen LogP contribution < -0.4 is 5.73 Å². The molecule has 0 saturated heterocycles. The molecule has 0 aliphatic carbocycles. The van der Waals surface area contributed by atoms with E-state index in [2.05, 4.69) is 28.2 Å². The average Bonchev–Trinajstić information content (AvgIpc) is 2.93. The third-order valence-corrected chi connectivity index (χ3v) is 4.53. The van der Waals surface area contributed by atoms with E-state index in [9.17, 15) is 0 Å². The van der Waals surface area contributed by atoms with Gasteiger partial charge in [0, 0.05) is 27.4 Å². The number of H-pyrrole nitrogens is 1. The minimum Gasteiger partial charge on any atom is -0.397 e. The first-order valence-corrected chi connectivity index (χ1v) is 7.52. The van der Waals surface area contributed by atoms with E-state index in [1.54, 1.807) is 18.0 Å². The Kier molecular flexibility index (Phi) is 2.82. The number of benzene rings is 2. The summed E-state index contributed by atoms with van der Waals surface area (Å²) in [5.74, 6) is 0. The number of fused-ring (bicyclic) bond motifs is 2. The molecule has 2 aromatic heterocycles. The summed E-state index contributed by atoms with van der Waals surface area (Å²) in [5, 5.41) is 3.30. The van der Waals surface area contributed by atoms with E-state index in [0.717, 1.165) is 32.0 Å². The predicted octanol–water partition coefficient (Wildman–Crippen LogP) is 4.45. The van der Waals surface area contributed by atoms with Crippen LogP contribution in [-0.2, 0) is 0 Å². The van der Waals surface area contributed by atoms with E-state index in [-0.39, 0.29) is 0 Å². The molecule has 0 aliphatic rings. The second kappa shape index (κ2) is 4.82. The fourth-order valence-corrected chi connectivity index (χ4v) is 3.40. The molecule has 0 saturated carbocycles. The highest BCUT2D eigenvalue weighted by Crippen LogP contribution is 2.36. The van der Waals surface area contributed by atoms with Gasteiger partial charge in [-0.2, -0.15) is 0 Å². The predicted molar refractivity (Wildman–Crippen MR) is 88.6 cm³/mol. The number of hydrogen-bond donors (Lipinski definition) is 2. The molecular formula is C17H13N3S. The minimum atomic E-state index is 0.782. The van der Waals surface area contributed by atoms with E-state index in [1.807, 2.05) is 36.4 Å². The molecule has 102 valence electrons. The fourth-order valence-electron chi connectivity index (χ4n) is 2.46. The van der Waals surface area contributed by atoms with Crippen molar-refractivity contribution in [2.75, 3.05) is 5.73 Å². The molecule has 4 aromatic rings. The van der Waals surface area contributed by atoms with Gasteiger partial charge in [-0.25, -0.2) is 0 Å². The Morgan fingerprint density at radius 3 is 2.81 bits per heavy atom. The highest BCUT2D eigenvalue weighted by molar-refractivity contribution is 7.99. The van der Waals surface area contributed by atoms with E-state index >= 15 is 0 Å². The summed E-state index contributed by atoms with van der Waals surface area (Å²) in [6.45, 7) is 0. The quantitative estimate of drug-likeness (QED) is 0.536. The number of nitrogen functional groups attached to an aromatic ring is 1. The molecule has 4 heteroatoms. The average molecular weight is 291 g/mol. The summed E-state index contributed by atoms with van der Waals surface area (Å²) >= 11 is 1.65. The van der Waals surface area contributed by atoms with Crippen LogP contribution in [0.15, 0.2) is 70.7 Å². The maximum Gasteiger partial charge on any atom is 0.0781 e. The van der Waals surface area contributed by atoms with Crippen molar-refractivity contribution >= 4 is 39.3 Å². The monoisotopic (exact) mass is 291 g/mol. The number of rotatable bonds is 2. The highest BCUT2D eigenvalue weighted by atomic mass is 32.2. The smallest absolute Gasteiger partial charge is 0.0781 e. The van der Waals surface area contributed by atoms with Crippen LogP contribution >= 0.6 is 11.8 Å². The van der Waals surface area contributed by atoms with Crippen LogP contribution in [0.2, 0.25) is 0 Å². The molecule has 0 radical (unpaired) electrons. The Hall–Kier alpha value is -2.46. The maximum absolute atomic E-state index is 6.29. The lowest BCUT2D eigenvalue weighted by atomic mass is 10.2. The molecule has 2 aromatic carbocycles. The lowest BCUT2D eigenvalue weighted by Crippen LogP contribution is -1.91. The van der Waals surface area contributed by atoms with Gasteiger partial charge in [-0.05, 0) is 36.4 Å². The zero-order chi connectivity index (χ0) is 14.2. The van der Waals surface area contributed by atoms with Crippen LogP contribution in [0, 0.1) is 0 Å². The van der Waals surface area contributed by atoms with Crippen LogP contribution in [-0.4, -0.2) is 9.97 Å².